The molecule has 7 heteroatoms. The van der Waals surface area contributed by atoms with Crippen molar-refractivity contribution in [1.82, 2.24) is 9.97 Å². The number of hydrogen-bond donors (Lipinski definition) is 3. The standard InChI is InChI=1S/C25H34N6O/c1-5-25(2,3)29-22-7-6-11-27-24(22)30(4)19-10-12-31(20(15-19)16-32)23-14-17-13-18(26)8-9-21(17)28-23/h6-9,11,13-14,16,19-20,28-29H,5,10,12,15,26H2,1-4H3. The van der Waals surface area contributed by atoms with Crippen molar-refractivity contribution >= 4 is 40.2 Å². The number of pyridine rings is 1. The summed E-state index contributed by atoms with van der Waals surface area (Å²) in [5.74, 6) is 1.90. The molecule has 7 nitrogen and oxygen atoms in total. The van der Waals surface area contributed by atoms with Crippen LogP contribution in [0, 0.1) is 0 Å². The number of rotatable bonds is 7. The van der Waals surface area contributed by atoms with Gasteiger partial charge in [-0.25, -0.2) is 4.98 Å². The quantitative estimate of drug-likeness (QED) is 0.377. The molecule has 0 bridgehead atoms. The van der Waals surface area contributed by atoms with Crippen LogP contribution in [-0.2, 0) is 4.79 Å². The highest BCUT2D eigenvalue weighted by Crippen LogP contribution is 2.33. The second-order valence-corrected chi connectivity index (χ2v) is 9.42. The molecule has 0 amide bonds. The van der Waals surface area contributed by atoms with Crippen LogP contribution in [-0.4, -0.2) is 47.5 Å². The van der Waals surface area contributed by atoms with Crippen LogP contribution in [0.15, 0.2) is 42.6 Å². The van der Waals surface area contributed by atoms with E-state index in [1.54, 1.807) is 0 Å². The topological polar surface area (TPSA) is 90.3 Å². The van der Waals surface area contributed by atoms with E-state index in [-0.39, 0.29) is 17.6 Å². The van der Waals surface area contributed by atoms with Crippen LogP contribution in [0.4, 0.5) is 23.0 Å². The summed E-state index contributed by atoms with van der Waals surface area (Å²) in [6.07, 6.45) is 5.58. The number of fused-ring (bicyclic) bond motifs is 1. The molecule has 170 valence electrons. The largest absolute Gasteiger partial charge is 0.399 e. The molecule has 2 atom stereocenters. The molecule has 2 unspecified atom stereocenters. The monoisotopic (exact) mass is 434 g/mol. The smallest absolute Gasteiger partial charge is 0.151 e. The van der Waals surface area contributed by atoms with Crippen molar-refractivity contribution in [3.63, 3.8) is 0 Å². The second-order valence-electron chi connectivity index (χ2n) is 9.42. The first-order valence-corrected chi connectivity index (χ1v) is 11.4. The van der Waals surface area contributed by atoms with Crippen LogP contribution in [0.1, 0.15) is 40.0 Å². The first kappa shape index (κ1) is 22.0. The van der Waals surface area contributed by atoms with Crippen molar-refractivity contribution in [2.24, 2.45) is 0 Å². The fourth-order valence-corrected chi connectivity index (χ4v) is 4.45. The van der Waals surface area contributed by atoms with Gasteiger partial charge in [0.1, 0.15) is 12.1 Å². The molecule has 32 heavy (non-hydrogen) atoms. The van der Waals surface area contributed by atoms with Gasteiger partial charge in [0.15, 0.2) is 5.82 Å². The van der Waals surface area contributed by atoms with Gasteiger partial charge in [0.05, 0.1) is 11.7 Å². The maximum Gasteiger partial charge on any atom is 0.151 e. The number of nitrogens with one attached hydrogen (secondary N) is 2. The maximum atomic E-state index is 12.1. The van der Waals surface area contributed by atoms with Crippen molar-refractivity contribution in [2.45, 2.75) is 57.7 Å². The van der Waals surface area contributed by atoms with E-state index in [0.29, 0.717) is 0 Å². The number of carbonyl (C=O) groups is 1. The fraction of sp³-hybridized carbons (Fsp3) is 0.440. The van der Waals surface area contributed by atoms with Crippen molar-refractivity contribution in [2.75, 3.05) is 34.4 Å². The number of H-pyrrole nitrogens is 1. The lowest BCUT2D eigenvalue weighted by Gasteiger charge is -2.42. The van der Waals surface area contributed by atoms with E-state index in [1.165, 1.54) is 0 Å². The number of aromatic nitrogens is 2. The van der Waals surface area contributed by atoms with Crippen LogP contribution in [0.25, 0.3) is 10.9 Å². The molecule has 0 radical (unpaired) electrons. The normalized spacial score (nSPS) is 19.2. The van der Waals surface area contributed by atoms with Gasteiger partial charge in [-0.1, -0.05) is 6.92 Å². The van der Waals surface area contributed by atoms with E-state index in [9.17, 15) is 4.79 Å². The van der Waals surface area contributed by atoms with Crippen LogP contribution < -0.4 is 20.9 Å². The molecule has 1 aromatic carbocycles. The molecule has 4 N–H and O–H groups in total. The summed E-state index contributed by atoms with van der Waals surface area (Å²) in [5, 5.41) is 4.70. The third kappa shape index (κ3) is 4.38. The molecule has 3 aromatic rings. The number of nitrogen functional groups attached to an aromatic ring is 1. The number of aldehydes is 1. The van der Waals surface area contributed by atoms with Crippen LogP contribution in [0.3, 0.4) is 0 Å². The molecular formula is C25H34N6O. The zero-order valence-electron chi connectivity index (χ0n) is 19.4. The minimum atomic E-state index is -0.200. The minimum absolute atomic E-state index is 0.0215. The summed E-state index contributed by atoms with van der Waals surface area (Å²) in [7, 11) is 2.08. The molecule has 2 aromatic heterocycles. The first-order chi connectivity index (χ1) is 15.3. The lowest BCUT2D eigenvalue weighted by atomic mass is 9.96. The van der Waals surface area contributed by atoms with E-state index in [2.05, 4.69) is 65.0 Å². The van der Waals surface area contributed by atoms with Gasteiger partial charge < -0.3 is 30.6 Å². The van der Waals surface area contributed by atoms with E-state index in [1.807, 2.05) is 30.5 Å². The second kappa shape index (κ2) is 8.73. The van der Waals surface area contributed by atoms with Gasteiger partial charge in [-0.05, 0) is 69.5 Å². The van der Waals surface area contributed by atoms with E-state index < -0.39 is 0 Å². The zero-order chi connectivity index (χ0) is 22.9. The highest BCUT2D eigenvalue weighted by Gasteiger charge is 2.32. The number of carbonyl (C=O) groups excluding carboxylic acids is 1. The van der Waals surface area contributed by atoms with Gasteiger partial charge in [-0.2, -0.15) is 0 Å². The molecule has 1 fully saturated rings. The van der Waals surface area contributed by atoms with Crippen molar-refractivity contribution in [3.05, 3.63) is 42.6 Å². The van der Waals surface area contributed by atoms with Gasteiger partial charge in [0.25, 0.3) is 0 Å². The van der Waals surface area contributed by atoms with Gasteiger partial charge in [0, 0.05) is 48.0 Å². The molecule has 3 heterocycles. The Morgan fingerprint density at radius 2 is 2.16 bits per heavy atom. The zero-order valence-corrected chi connectivity index (χ0v) is 19.4. The molecule has 0 spiro atoms. The Morgan fingerprint density at radius 1 is 1.34 bits per heavy atom. The molecule has 1 aliphatic rings. The highest BCUT2D eigenvalue weighted by atomic mass is 16.1. The van der Waals surface area contributed by atoms with Crippen LogP contribution in [0.5, 0.6) is 0 Å². The van der Waals surface area contributed by atoms with Crippen molar-refractivity contribution in [3.8, 4) is 0 Å². The molecular weight excluding hydrogens is 400 g/mol. The number of anilines is 4. The lowest BCUT2D eigenvalue weighted by molar-refractivity contribution is -0.109. The van der Waals surface area contributed by atoms with E-state index >= 15 is 0 Å². The number of nitrogens with two attached hydrogens (primary N) is 1. The van der Waals surface area contributed by atoms with Gasteiger partial charge in [0.2, 0.25) is 0 Å². The van der Waals surface area contributed by atoms with E-state index in [4.69, 9.17) is 5.73 Å². The Hall–Kier alpha value is -3.22. The Morgan fingerprint density at radius 3 is 2.91 bits per heavy atom. The Kier molecular flexibility index (Phi) is 6.00. The van der Waals surface area contributed by atoms with E-state index in [0.717, 1.165) is 66.0 Å². The van der Waals surface area contributed by atoms with Crippen molar-refractivity contribution < 1.29 is 4.79 Å². The SMILES string of the molecule is CCC(C)(C)Nc1cccnc1N(C)C1CCN(c2cc3cc(N)ccc3[nH]2)C(C=O)C1. The molecule has 1 saturated heterocycles. The fourth-order valence-electron chi connectivity index (χ4n) is 4.45. The predicted molar refractivity (Wildman–Crippen MR) is 134 cm³/mol. The average molecular weight is 435 g/mol. The summed E-state index contributed by atoms with van der Waals surface area (Å²) < 4.78 is 0. The van der Waals surface area contributed by atoms with Crippen LogP contribution >= 0.6 is 0 Å². The third-order valence-corrected chi connectivity index (χ3v) is 6.74. The third-order valence-electron chi connectivity index (χ3n) is 6.74. The van der Waals surface area contributed by atoms with Crippen molar-refractivity contribution in [1.29, 1.82) is 0 Å². The number of piperidine rings is 1. The lowest BCUT2D eigenvalue weighted by Crippen LogP contribution is -2.50. The Balaban J connectivity index is 1.53. The van der Waals surface area contributed by atoms with Gasteiger partial charge in [-0.3, -0.25) is 0 Å². The highest BCUT2D eigenvalue weighted by molar-refractivity contribution is 5.87. The first-order valence-electron chi connectivity index (χ1n) is 11.4. The maximum absolute atomic E-state index is 12.1. The molecule has 0 saturated carbocycles. The van der Waals surface area contributed by atoms with Gasteiger partial charge in [-0.15, -0.1) is 0 Å². The summed E-state index contributed by atoms with van der Waals surface area (Å²) >= 11 is 0. The molecule has 0 aliphatic carbocycles. The number of hydrogen-bond acceptors (Lipinski definition) is 6. The minimum Gasteiger partial charge on any atom is -0.399 e. The molecule has 4 rings (SSSR count). The molecule has 1 aliphatic heterocycles. The summed E-state index contributed by atoms with van der Waals surface area (Å²) in [4.78, 5) is 24.6. The van der Waals surface area contributed by atoms with Gasteiger partial charge >= 0.3 is 0 Å². The van der Waals surface area contributed by atoms with Crippen LogP contribution in [0.2, 0.25) is 0 Å². The Labute approximate surface area is 190 Å². The summed E-state index contributed by atoms with van der Waals surface area (Å²) in [6, 6.07) is 12.0. The predicted octanol–water partition coefficient (Wildman–Crippen LogP) is 4.42. The Bertz CT molecular complexity index is 1090. The average Bonchev–Trinajstić information content (AvgIpc) is 3.21. The number of benzene rings is 1. The number of nitrogens with zero attached hydrogens (tertiary/aromatic N) is 3. The summed E-state index contributed by atoms with van der Waals surface area (Å²) in [5.41, 5.74) is 8.70. The number of aromatic amines is 1. The summed E-state index contributed by atoms with van der Waals surface area (Å²) in [6.45, 7) is 7.35.